The zero-order valence-corrected chi connectivity index (χ0v) is 26.8. The molecule has 0 aliphatic heterocycles. The van der Waals surface area contributed by atoms with Crippen LogP contribution in [0.1, 0.15) is 31.5 Å². The quantitative estimate of drug-likeness (QED) is 0.0825. The van der Waals surface area contributed by atoms with E-state index in [0.29, 0.717) is 0 Å². The summed E-state index contributed by atoms with van der Waals surface area (Å²) in [5, 5.41) is 27.4. The molecule has 0 saturated heterocycles. The predicted molar refractivity (Wildman–Crippen MR) is 168 cm³/mol. The van der Waals surface area contributed by atoms with E-state index in [1.807, 2.05) is 22.9 Å². The topological polar surface area (TPSA) is 316 Å². The van der Waals surface area contributed by atoms with Crippen LogP contribution in [0.4, 0.5) is 5.82 Å². The molecule has 0 spiro atoms. The van der Waals surface area contributed by atoms with Gasteiger partial charge in [-0.3, -0.25) is 19.4 Å². The van der Waals surface area contributed by atoms with Crippen molar-refractivity contribution < 1.29 is 14.4 Å². The first-order valence-corrected chi connectivity index (χ1v) is 14.5. The van der Waals surface area contributed by atoms with Crippen LogP contribution in [-0.4, -0.2) is 101 Å². The Morgan fingerprint density at radius 3 is 1.94 bits per heavy atom. The van der Waals surface area contributed by atoms with Crippen molar-refractivity contribution in [3.63, 3.8) is 0 Å². The van der Waals surface area contributed by atoms with Gasteiger partial charge in [-0.1, -0.05) is 27.8 Å². The first-order valence-electron chi connectivity index (χ1n) is 13.0. The minimum atomic E-state index is -0.758. The molecule has 7 N–H and O–H groups in total. The average molecular weight is 703 g/mol. The molecular formula is C23H27ClN18O5S. The molecule has 6 aromatic heterocycles. The number of carbonyl (C=O) groups is 3. The maximum Gasteiger partial charge on any atom is 0.353 e. The molecule has 0 aliphatic carbocycles. The van der Waals surface area contributed by atoms with Crippen LogP contribution >= 0.6 is 22.9 Å². The van der Waals surface area contributed by atoms with E-state index in [1.165, 1.54) is 31.0 Å². The van der Waals surface area contributed by atoms with Gasteiger partial charge in [0.15, 0.2) is 28.4 Å². The predicted octanol–water partition coefficient (Wildman–Crippen LogP) is -1.64. The largest absolute Gasteiger partial charge is 0.364 e. The Hall–Kier alpha value is -6.43. The number of hydrogen-bond acceptors (Lipinski definition) is 15. The first-order chi connectivity index (χ1) is 22.9. The van der Waals surface area contributed by atoms with Gasteiger partial charge in [-0.15, -0.1) is 26.9 Å². The fraction of sp³-hybridized carbons (Fsp3) is 0.217. The Balaban J connectivity index is 0.000000183. The van der Waals surface area contributed by atoms with Crippen molar-refractivity contribution in [2.24, 2.45) is 34.6 Å². The van der Waals surface area contributed by atoms with Crippen molar-refractivity contribution in [1.82, 2.24) is 63.7 Å². The van der Waals surface area contributed by atoms with E-state index in [0.717, 1.165) is 18.2 Å². The summed E-state index contributed by atoms with van der Waals surface area (Å²) in [5.41, 5.74) is 14.3. The number of nitrogens with two attached hydrogens (primary N) is 3. The minimum Gasteiger partial charge on any atom is -0.364 e. The number of halogens is 1. The lowest BCUT2D eigenvalue weighted by atomic mass is 10.4. The Bertz CT molecular complexity index is 2130. The molecule has 48 heavy (non-hydrogen) atoms. The van der Waals surface area contributed by atoms with Gasteiger partial charge in [0.25, 0.3) is 17.7 Å². The van der Waals surface area contributed by atoms with Crippen molar-refractivity contribution in [3.8, 4) is 0 Å². The molecule has 0 aromatic carbocycles. The van der Waals surface area contributed by atoms with E-state index in [4.69, 9.17) is 28.8 Å². The number of amides is 3. The lowest BCUT2D eigenvalue weighted by Gasteiger charge is -2.00. The number of aromatic amines is 1. The number of rotatable bonds is 7. The normalized spacial score (nSPS) is 10.4. The number of primary amides is 3. The number of aromatic nitrogens is 12. The van der Waals surface area contributed by atoms with E-state index in [2.05, 4.69) is 50.9 Å². The summed E-state index contributed by atoms with van der Waals surface area (Å²) < 4.78 is 4.30. The number of nitrogens with zero attached hydrogens (tertiary/aromatic N) is 14. The van der Waals surface area contributed by atoms with E-state index >= 15 is 0 Å². The van der Waals surface area contributed by atoms with Crippen LogP contribution in [-0.2, 0) is 13.6 Å². The number of hydrogen-bond donors (Lipinski definition) is 4. The van der Waals surface area contributed by atoms with Crippen LogP contribution in [0.15, 0.2) is 61.8 Å². The number of fused-ring (bicyclic) bond motifs is 2. The van der Waals surface area contributed by atoms with Crippen LogP contribution in [0.25, 0.3) is 11.3 Å². The fourth-order valence-corrected chi connectivity index (χ4v) is 3.80. The van der Waals surface area contributed by atoms with E-state index < -0.39 is 29.1 Å². The SMILES string of the molecule is CN(C)N=Nc1nc[nH]c1C(N)=O.Cn1nnc2c(C(N)=O)ncn2c1=O.NC(=O)c1ncn2c(=O)n(CCCl)nnc12.c1ccsc1. The number of nitrogens with one attached hydrogen (secondary N) is 1. The lowest BCUT2D eigenvalue weighted by molar-refractivity contribution is 0.0988. The molecule has 25 heteroatoms. The van der Waals surface area contributed by atoms with Crippen molar-refractivity contribution in [2.75, 3.05) is 20.0 Å². The number of thiophene rings is 1. The molecule has 6 heterocycles. The third-order valence-electron chi connectivity index (χ3n) is 5.29. The van der Waals surface area contributed by atoms with Gasteiger partial charge in [0, 0.05) is 27.0 Å². The molecule has 3 amide bonds. The average Bonchev–Trinajstić information content (AvgIpc) is 3.87. The van der Waals surface area contributed by atoms with Gasteiger partial charge >= 0.3 is 11.4 Å². The Morgan fingerprint density at radius 2 is 1.46 bits per heavy atom. The highest BCUT2D eigenvalue weighted by Gasteiger charge is 2.15. The number of H-pyrrole nitrogens is 1. The van der Waals surface area contributed by atoms with Crippen molar-refractivity contribution in [2.45, 2.75) is 6.54 Å². The van der Waals surface area contributed by atoms with E-state index in [9.17, 15) is 24.0 Å². The number of imidazole rings is 3. The summed E-state index contributed by atoms with van der Waals surface area (Å²) in [7, 11) is 4.86. The maximum absolute atomic E-state index is 11.7. The van der Waals surface area contributed by atoms with Crippen LogP contribution in [0.3, 0.4) is 0 Å². The molecule has 0 unspecified atom stereocenters. The molecule has 0 fully saturated rings. The second-order valence-corrected chi connectivity index (χ2v) is 10.1. The van der Waals surface area contributed by atoms with Crippen molar-refractivity contribution in [1.29, 1.82) is 0 Å². The highest BCUT2D eigenvalue weighted by molar-refractivity contribution is 7.07. The van der Waals surface area contributed by atoms with Crippen molar-refractivity contribution in [3.05, 3.63) is 79.9 Å². The molecule has 0 atom stereocenters. The number of alkyl halides is 1. The second kappa shape index (κ2) is 16.8. The van der Waals surface area contributed by atoms with Gasteiger partial charge in [-0.2, -0.15) is 20.7 Å². The standard InChI is InChI=1S/C7H7ClN6O2.C6H6N6O2.C6H10N6O.C4H4S/c8-1-2-14-7(16)13-3-10-4(5(9)15)6(13)11-12-14;1-11-6(14)12-2-8-3(4(7)13)5(12)9-10-11;1-12(2)11-10-6-4(5(7)13)8-3-9-6;1-2-4-5-3-1/h3H,1-2H2,(H2,9,15);2H,1H3,(H2,7,13);3H,1-2H3,(H2,7,13)(H,8,9);1-4H. The smallest absolute Gasteiger partial charge is 0.353 e. The summed E-state index contributed by atoms with van der Waals surface area (Å²) >= 11 is 7.20. The fourth-order valence-electron chi connectivity index (χ4n) is 3.19. The third kappa shape index (κ3) is 9.07. The highest BCUT2D eigenvalue weighted by Crippen LogP contribution is 2.12. The lowest BCUT2D eigenvalue weighted by Crippen LogP contribution is -2.30. The van der Waals surface area contributed by atoms with Crippen LogP contribution in [0, 0.1) is 0 Å². The molecule has 23 nitrogen and oxygen atoms in total. The summed E-state index contributed by atoms with van der Waals surface area (Å²) in [6, 6.07) is 4.04. The summed E-state index contributed by atoms with van der Waals surface area (Å²) in [6.45, 7) is 0.230. The van der Waals surface area contributed by atoms with Gasteiger partial charge < -0.3 is 22.2 Å². The van der Waals surface area contributed by atoms with E-state index in [-0.39, 0.29) is 46.6 Å². The van der Waals surface area contributed by atoms with Gasteiger partial charge in [-0.05, 0) is 10.8 Å². The summed E-state index contributed by atoms with van der Waals surface area (Å²) in [5.74, 6) is -1.68. The monoisotopic (exact) mass is 702 g/mol. The highest BCUT2D eigenvalue weighted by atomic mass is 35.5. The number of aryl methyl sites for hydroxylation is 2. The summed E-state index contributed by atoms with van der Waals surface area (Å²) in [4.78, 5) is 69.4. The Morgan fingerprint density at radius 1 is 0.896 bits per heavy atom. The van der Waals surface area contributed by atoms with Gasteiger partial charge in [0.05, 0.1) is 12.9 Å². The summed E-state index contributed by atoms with van der Waals surface area (Å²) in [6.07, 6.45) is 3.70. The molecule has 0 saturated carbocycles. The van der Waals surface area contributed by atoms with Gasteiger partial charge in [0.1, 0.15) is 12.7 Å². The zero-order valence-electron chi connectivity index (χ0n) is 25.3. The van der Waals surface area contributed by atoms with Crippen LogP contribution < -0.4 is 28.6 Å². The second-order valence-electron chi connectivity index (χ2n) is 8.88. The molecule has 6 rings (SSSR count). The van der Waals surface area contributed by atoms with Gasteiger partial charge in [0.2, 0.25) is 5.82 Å². The van der Waals surface area contributed by atoms with Gasteiger partial charge in [-0.25, -0.2) is 33.3 Å². The van der Waals surface area contributed by atoms with E-state index in [1.54, 1.807) is 25.4 Å². The molecule has 6 aromatic rings. The minimum absolute atomic E-state index is 0.0447. The third-order valence-corrected chi connectivity index (χ3v) is 6.09. The van der Waals surface area contributed by atoms with Crippen LogP contribution in [0.2, 0.25) is 0 Å². The first kappa shape index (κ1) is 36.0. The Labute approximate surface area is 276 Å². The van der Waals surface area contributed by atoms with Crippen molar-refractivity contribution >= 4 is 57.8 Å². The van der Waals surface area contributed by atoms with Crippen LogP contribution in [0.5, 0.6) is 0 Å². The maximum atomic E-state index is 11.7. The molecule has 0 bridgehead atoms. The molecule has 0 aliphatic rings. The zero-order chi connectivity index (χ0) is 35.4. The molecule has 252 valence electrons. The molecule has 0 radical (unpaired) electrons. The number of carbonyl (C=O) groups excluding carboxylic acids is 3. The Kier molecular flexibility index (Phi) is 12.6. The molecular weight excluding hydrogens is 676 g/mol.